The van der Waals surface area contributed by atoms with Gasteiger partial charge in [-0.05, 0) is 48.2 Å². The zero-order chi connectivity index (χ0) is 22.9. The molecule has 0 aliphatic rings. The number of aromatic nitrogens is 3. The molecule has 0 amide bonds. The lowest BCUT2D eigenvalue weighted by Gasteiger charge is -2.11. The van der Waals surface area contributed by atoms with E-state index < -0.39 is 28.2 Å². The number of alkyl halides is 3. The summed E-state index contributed by atoms with van der Waals surface area (Å²) in [5, 5.41) is 19.9. The number of nitrogens with zero attached hydrogens (tertiary/aromatic N) is 4. The van der Waals surface area contributed by atoms with Crippen LogP contribution in [0.15, 0.2) is 82.8 Å². The van der Waals surface area contributed by atoms with Gasteiger partial charge in [0.05, 0.1) is 15.4 Å². The number of nitro benzene ring substituents is 1. The Hall–Kier alpha value is -3.73. The van der Waals surface area contributed by atoms with E-state index in [9.17, 15) is 27.7 Å². The van der Waals surface area contributed by atoms with Gasteiger partial charge in [0, 0.05) is 17.3 Å². The molecular weight excluding hydrogens is 448 g/mol. The van der Waals surface area contributed by atoms with Crippen molar-refractivity contribution < 1.29 is 22.5 Å². The third-order valence-electron chi connectivity index (χ3n) is 4.43. The number of hydrogen-bond acceptors (Lipinski definition) is 5. The van der Waals surface area contributed by atoms with Crippen molar-refractivity contribution >= 4 is 17.4 Å². The van der Waals surface area contributed by atoms with Crippen LogP contribution in [-0.2, 0) is 6.18 Å². The fourth-order valence-corrected chi connectivity index (χ4v) is 3.89. The fourth-order valence-electron chi connectivity index (χ4n) is 2.95. The van der Waals surface area contributed by atoms with Crippen LogP contribution in [0.4, 0.5) is 23.2 Å². The van der Waals surface area contributed by atoms with E-state index >= 15 is 0 Å². The number of nitro groups is 1. The normalized spacial score (nSPS) is 11.5. The molecule has 0 aliphatic carbocycles. The third kappa shape index (κ3) is 4.33. The van der Waals surface area contributed by atoms with Crippen LogP contribution >= 0.6 is 11.8 Å². The molecule has 1 heterocycles. The molecule has 0 saturated carbocycles. The van der Waals surface area contributed by atoms with Crippen LogP contribution in [0.3, 0.4) is 0 Å². The van der Waals surface area contributed by atoms with Gasteiger partial charge < -0.3 is 0 Å². The van der Waals surface area contributed by atoms with Gasteiger partial charge in [-0.15, -0.1) is 10.2 Å². The lowest BCUT2D eigenvalue weighted by atomic mass is 10.2. The first kappa shape index (κ1) is 21.5. The van der Waals surface area contributed by atoms with Gasteiger partial charge in [-0.1, -0.05) is 30.3 Å². The Bertz CT molecular complexity index is 1280. The molecule has 0 bridgehead atoms. The smallest absolute Gasteiger partial charge is 0.270 e. The zero-order valence-electron chi connectivity index (χ0n) is 16.0. The van der Waals surface area contributed by atoms with Crippen LogP contribution in [0, 0.1) is 15.9 Å². The summed E-state index contributed by atoms with van der Waals surface area (Å²) in [6.45, 7) is 0. The predicted octanol–water partition coefficient (Wildman–Crippen LogP) is 6.15. The van der Waals surface area contributed by atoms with Gasteiger partial charge in [0.25, 0.3) is 5.69 Å². The third-order valence-corrected chi connectivity index (χ3v) is 5.45. The molecule has 11 heteroatoms. The van der Waals surface area contributed by atoms with Crippen molar-refractivity contribution in [2.45, 2.75) is 16.2 Å². The molecule has 6 nitrogen and oxygen atoms in total. The summed E-state index contributed by atoms with van der Waals surface area (Å²) < 4.78 is 54.1. The monoisotopic (exact) mass is 460 g/mol. The predicted molar refractivity (Wildman–Crippen MR) is 109 cm³/mol. The van der Waals surface area contributed by atoms with Crippen LogP contribution in [-0.4, -0.2) is 19.7 Å². The Kier molecular flexibility index (Phi) is 5.66. The summed E-state index contributed by atoms with van der Waals surface area (Å²) in [5.41, 5.74) is -0.677. The minimum Gasteiger partial charge on any atom is -0.270 e. The van der Waals surface area contributed by atoms with E-state index in [-0.39, 0.29) is 10.1 Å². The SMILES string of the molecule is O=[N+]([O-])c1cc(C(F)(F)F)ccc1Sc1nnc(-c2ccccc2)n1-c1ccc(F)cc1. The first-order chi connectivity index (χ1) is 15.2. The van der Waals surface area contributed by atoms with Crippen molar-refractivity contribution in [3.8, 4) is 17.1 Å². The molecule has 4 aromatic rings. The standard InChI is InChI=1S/C21H12F4N4O2S/c22-15-7-9-16(10-8-15)28-19(13-4-2-1-3-5-13)26-27-20(28)32-18-11-6-14(21(23,24)25)12-17(18)29(30)31/h1-12H. The molecule has 0 radical (unpaired) electrons. The van der Waals surface area contributed by atoms with Crippen LogP contribution in [0.2, 0.25) is 0 Å². The summed E-state index contributed by atoms with van der Waals surface area (Å²) in [5.74, 6) is -0.0788. The van der Waals surface area contributed by atoms with Gasteiger partial charge in [0.2, 0.25) is 5.16 Å². The van der Waals surface area contributed by atoms with Crippen molar-refractivity contribution in [3.05, 3.63) is 94.3 Å². The number of halogens is 4. The second-order valence-corrected chi connectivity index (χ2v) is 7.53. The lowest BCUT2D eigenvalue weighted by Crippen LogP contribution is -2.06. The Morgan fingerprint density at radius 3 is 2.25 bits per heavy atom. The number of rotatable bonds is 5. The maximum absolute atomic E-state index is 13.5. The molecule has 32 heavy (non-hydrogen) atoms. The Morgan fingerprint density at radius 1 is 0.938 bits per heavy atom. The molecule has 0 saturated heterocycles. The van der Waals surface area contributed by atoms with Crippen LogP contribution in [0.5, 0.6) is 0 Å². The molecule has 1 aromatic heterocycles. The van der Waals surface area contributed by atoms with Crippen molar-refractivity contribution in [2.75, 3.05) is 0 Å². The van der Waals surface area contributed by atoms with E-state index in [1.165, 1.54) is 24.3 Å². The maximum Gasteiger partial charge on any atom is 0.416 e. The number of benzene rings is 3. The molecule has 0 atom stereocenters. The highest BCUT2D eigenvalue weighted by molar-refractivity contribution is 7.99. The van der Waals surface area contributed by atoms with E-state index in [0.29, 0.717) is 23.1 Å². The van der Waals surface area contributed by atoms with E-state index in [4.69, 9.17) is 0 Å². The molecule has 0 spiro atoms. The van der Waals surface area contributed by atoms with Gasteiger partial charge in [0.15, 0.2) is 5.82 Å². The van der Waals surface area contributed by atoms with Gasteiger partial charge >= 0.3 is 6.18 Å². The molecule has 162 valence electrons. The average Bonchev–Trinajstić information content (AvgIpc) is 3.18. The summed E-state index contributed by atoms with van der Waals surface area (Å²) in [6.07, 6.45) is -4.72. The lowest BCUT2D eigenvalue weighted by molar-refractivity contribution is -0.388. The number of hydrogen-bond donors (Lipinski definition) is 0. The summed E-state index contributed by atoms with van der Waals surface area (Å²) in [4.78, 5) is 10.5. The first-order valence-electron chi connectivity index (χ1n) is 9.04. The molecule has 0 fully saturated rings. The van der Waals surface area contributed by atoms with Gasteiger partial charge in [0.1, 0.15) is 5.82 Å². The summed E-state index contributed by atoms with van der Waals surface area (Å²) in [6, 6.07) is 16.6. The largest absolute Gasteiger partial charge is 0.416 e. The summed E-state index contributed by atoms with van der Waals surface area (Å²) >= 11 is 0.790. The van der Waals surface area contributed by atoms with Crippen molar-refractivity contribution in [1.82, 2.24) is 14.8 Å². The second kappa shape index (κ2) is 8.42. The first-order valence-corrected chi connectivity index (χ1v) is 9.86. The van der Waals surface area contributed by atoms with Crippen molar-refractivity contribution in [3.63, 3.8) is 0 Å². The highest BCUT2D eigenvalue weighted by Gasteiger charge is 2.33. The van der Waals surface area contributed by atoms with E-state index in [2.05, 4.69) is 10.2 Å². The quantitative estimate of drug-likeness (QED) is 0.203. The molecule has 4 rings (SSSR count). The van der Waals surface area contributed by atoms with Crippen LogP contribution in [0.1, 0.15) is 5.56 Å². The van der Waals surface area contributed by atoms with Crippen LogP contribution < -0.4 is 0 Å². The topological polar surface area (TPSA) is 73.8 Å². The van der Waals surface area contributed by atoms with Gasteiger partial charge in [-0.2, -0.15) is 13.2 Å². The van der Waals surface area contributed by atoms with E-state index in [0.717, 1.165) is 23.9 Å². The Morgan fingerprint density at radius 2 is 1.62 bits per heavy atom. The second-order valence-electron chi connectivity index (χ2n) is 6.52. The molecule has 0 unspecified atom stereocenters. The highest BCUT2D eigenvalue weighted by atomic mass is 32.2. The van der Waals surface area contributed by atoms with E-state index in [1.54, 1.807) is 28.8 Å². The minimum atomic E-state index is -4.72. The Balaban J connectivity index is 1.84. The highest BCUT2D eigenvalue weighted by Crippen LogP contribution is 2.40. The molecular formula is C21H12F4N4O2S. The van der Waals surface area contributed by atoms with Crippen LogP contribution in [0.25, 0.3) is 17.1 Å². The van der Waals surface area contributed by atoms with Crippen molar-refractivity contribution in [1.29, 1.82) is 0 Å². The fraction of sp³-hybridized carbons (Fsp3) is 0.0476. The van der Waals surface area contributed by atoms with Gasteiger partial charge in [-0.25, -0.2) is 4.39 Å². The molecule has 0 N–H and O–H groups in total. The maximum atomic E-state index is 13.5. The molecule has 3 aromatic carbocycles. The molecule has 0 aliphatic heterocycles. The zero-order valence-corrected chi connectivity index (χ0v) is 16.8. The van der Waals surface area contributed by atoms with Gasteiger partial charge in [-0.3, -0.25) is 14.7 Å². The van der Waals surface area contributed by atoms with Crippen molar-refractivity contribution in [2.24, 2.45) is 0 Å². The minimum absolute atomic E-state index is 0.0432. The van der Waals surface area contributed by atoms with E-state index in [1.807, 2.05) is 6.07 Å². The Labute approximate surface area is 182 Å². The summed E-state index contributed by atoms with van der Waals surface area (Å²) in [7, 11) is 0. The average molecular weight is 460 g/mol.